The van der Waals surface area contributed by atoms with Gasteiger partial charge in [-0.15, -0.1) is 0 Å². The number of hydrogen-bond donors (Lipinski definition) is 1. The van der Waals surface area contributed by atoms with Gasteiger partial charge in [-0.2, -0.15) is 0 Å². The second-order valence-corrected chi connectivity index (χ2v) is 5.77. The van der Waals surface area contributed by atoms with Crippen molar-refractivity contribution in [3.8, 4) is 0 Å². The molecule has 0 saturated carbocycles. The van der Waals surface area contributed by atoms with Crippen LogP contribution in [-0.2, 0) is 6.42 Å². The van der Waals surface area contributed by atoms with E-state index in [1.165, 1.54) is 0 Å². The van der Waals surface area contributed by atoms with E-state index in [0.29, 0.717) is 22.2 Å². The molecule has 0 bridgehead atoms. The number of nitrogens with zero attached hydrogens (tertiary/aromatic N) is 1. The number of rotatable bonds is 1. The van der Waals surface area contributed by atoms with Gasteiger partial charge in [0.15, 0.2) is 0 Å². The minimum absolute atomic E-state index is 0.0208. The van der Waals surface area contributed by atoms with E-state index < -0.39 is 0 Å². The van der Waals surface area contributed by atoms with Crippen LogP contribution in [0.2, 0.25) is 10.0 Å². The van der Waals surface area contributed by atoms with Crippen molar-refractivity contribution < 1.29 is 4.79 Å². The lowest BCUT2D eigenvalue weighted by molar-refractivity contribution is 0.0793. The minimum Gasteiger partial charge on any atom is -0.386 e. The number of hydrogen-bond acceptors (Lipinski definition) is 2. The number of carbonyl (C=O) groups excluding carboxylic acids is 1. The van der Waals surface area contributed by atoms with Crippen LogP contribution in [0.15, 0.2) is 35.7 Å². The highest BCUT2D eigenvalue weighted by Gasteiger charge is 2.28. The number of dihydropyridines is 1. The molecule has 1 N–H and O–H groups in total. The summed E-state index contributed by atoms with van der Waals surface area (Å²) in [5.74, 6) is -0.0208. The molecule has 3 rings (SSSR count). The average molecular weight is 309 g/mol. The van der Waals surface area contributed by atoms with Gasteiger partial charge in [-0.1, -0.05) is 29.3 Å². The van der Waals surface area contributed by atoms with Crippen LogP contribution in [0.5, 0.6) is 0 Å². The van der Waals surface area contributed by atoms with E-state index >= 15 is 0 Å². The zero-order chi connectivity index (χ0) is 14.3. The summed E-state index contributed by atoms with van der Waals surface area (Å²) < 4.78 is 0. The quantitative estimate of drug-likeness (QED) is 0.862. The van der Waals surface area contributed by atoms with Crippen molar-refractivity contribution in [1.82, 2.24) is 10.2 Å². The number of fused-ring (bicyclic) bond motifs is 1. The zero-order valence-corrected chi connectivity index (χ0v) is 12.6. The number of carbonyl (C=O) groups is 1. The van der Waals surface area contributed by atoms with Crippen molar-refractivity contribution >= 4 is 29.1 Å². The normalized spacial score (nSPS) is 18.1. The molecule has 0 unspecified atom stereocenters. The van der Waals surface area contributed by atoms with Crippen molar-refractivity contribution in [3.05, 3.63) is 56.9 Å². The van der Waals surface area contributed by atoms with Crippen molar-refractivity contribution in [3.63, 3.8) is 0 Å². The third-order valence-corrected chi connectivity index (χ3v) is 4.41. The molecule has 0 atom stereocenters. The molecule has 104 valence electrons. The Balaban J connectivity index is 1.99. The summed E-state index contributed by atoms with van der Waals surface area (Å²) in [5, 5.41) is 4.07. The highest BCUT2D eigenvalue weighted by atomic mass is 35.5. The van der Waals surface area contributed by atoms with E-state index in [9.17, 15) is 4.79 Å². The maximum absolute atomic E-state index is 12.7. The Morgan fingerprint density at radius 2 is 2.00 bits per heavy atom. The molecule has 1 aromatic carbocycles. The van der Waals surface area contributed by atoms with Gasteiger partial charge in [-0.05, 0) is 36.6 Å². The Labute approximate surface area is 127 Å². The smallest absolute Gasteiger partial charge is 0.258 e. The van der Waals surface area contributed by atoms with Gasteiger partial charge in [0, 0.05) is 24.9 Å². The number of allylic oxidation sites excluding steroid dienone is 1. The lowest BCUT2D eigenvalue weighted by Crippen LogP contribution is -2.38. The van der Waals surface area contributed by atoms with Crippen LogP contribution >= 0.6 is 23.2 Å². The van der Waals surface area contributed by atoms with Crippen molar-refractivity contribution in [2.75, 3.05) is 13.1 Å². The van der Waals surface area contributed by atoms with Crippen LogP contribution in [0.25, 0.3) is 0 Å². The summed E-state index contributed by atoms with van der Waals surface area (Å²) in [7, 11) is 0. The summed E-state index contributed by atoms with van der Waals surface area (Å²) in [6.07, 6.45) is 4.76. The highest BCUT2D eigenvalue weighted by Crippen LogP contribution is 2.31. The minimum atomic E-state index is -0.0208. The first-order chi connectivity index (χ1) is 9.58. The summed E-state index contributed by atoms with van der Waals surface area (Å²) in [4.78, 5) is 14.4. The SMILES string of the molecule is CC1=CCNC=C1N1CCc2cc(Cl)c(Cl)cc2C1=O. The predicted octanol–water partition coefficient (Wildman–Crippen LogP) is 3.38. The molecule has 1 amide bonds. The molecular formula is C15H14Cl2N2O. The van der Waals surface area contributed by atoms with Crippen molar-refractivity contribution in [1.29, 1.82) is 0 Å². The van der Waals surface area contributed by atoms with Crippen LogP contribution in [0.4, 0.5) is 0 Å². The number of halogens is 2. The lowest BCUT2D eigenvalue weighted by Gasteiger charge is -2.32. The number of amides is 1. The molecular weight excluding hydrogens is 295 g/mol. The number of nitrogens with one attached hydrogen (secondary N) is 1. The molecule has 3 nitrogen and oxygen atoms in total. The lowest BCUT2D eigenvalue weighted by atomic mass is 9.97. The van der Waals surface area contributed by atoms with Gasteiger partial charge in [0.1, 0.15) is 0 Å². The third-order valence-electron chi connectivity index (χ3n) is 3.69. The molecule has 1 aromatic rings. The molecule has 0 aliphatic carbocycles. The van der Waals surface area contributed by atoms with Gasteiger partial charge in [0.05, 0.1) is 15.7 Å². The van der Waals surface area contributed by atoms with Gasteiger partial charge in [0.25, 0.3) is 5.91 Å². The maximum atomic E-state index is 12.7. The standard InChI is InChI=1S/C15H14Cl2N2O/c1-9-2-4-18-8-14(9)19-5-3-10-6-12(16)13(17)7-11(10)15(19)20/h2,6-8,18H,3-5H2,1H3. The molecule has 2 aliphatic heterocycles. The fourth-order valence-corrected chi connectivity index (χ4v) is 2.93. The fraction of sp³-hybridized carbons (Fsp3) is 0.267. The van der Waals surface area contributed by atoms with Gasteiger partial charge in [0.2, 0.25) is 0 Å². The van der Waals surface area contributed by atoms with Gasteiger partial charge >= 0.3 is 0 Å². The summed E-state index contributed by atoms with van der Waals surface area (Å²) in [5.41, 5.74) is 3.65. The van der Waals surface area contributed by atoms with Crippen molar-refractivity contribution in [2.45, 2.75) is 13.3 Å². The summed E-state index contributed by atoms with van der Waals surface area (Å²) in [6, 6.07) is 3.47. The Morgan fingerprint density at radius 3 is 2.75 bits per heavy atom. The third kappa shape index (κ3) is 2.21. The molecule has 2 aliphatic rings. The van der Waals surface area contributed by atoms with E-state index in [-0.39, 0.29) is 5.91 Å². The Hall–Kier alpha value is -1.45. The summed E-state index contributed by atoms with van der Waals surface area (Å²) >= 11 is 12.0. The molecule has 0 radical (unpaired) electrons. The van der Waals surface area contributed by atoms with Crippen LogP contribution in [0, 0.1) is 0 Å². The number of benzene rings is 1. The van der Waals surface area contributed by atoms with Crippen LogP contribution < -0.4 is 5.32 Å². The van der Waals surface area contributed by atoms with Crippen LogP contribution in [0.1, 0.15) is 22.8 Å². The van der Waals surface area contributed by atoms with E-state index in [2.05, 4.69) is 11.4 Å². The first-order valence-corrected chi connectivity index (χ1v) is 7.24. The maximum Gasteiger partial charge on any atom is 0.258 e. The van der Waals surface area contributed by atoms with Crippen molar-refractivity contribution in [2.24, 2.45) is 0 Å². The van der Waals surface area contributed by atoms with E-state index in [4.69, 9.17) is 23.2 Å². The Bertz CT molecular complexity index is 650. The highest BCUT2D eigenvalue weighted by molar-refractivity contribution is 6.42. The van der Waals surface area contributed by atoms with Crippen LogP contribution in [0.3, 0.4) is 0 Å². The van der Waals surface area contributed by atoms with Crippen LogP contribution in [-0.4, -0.2) is 23.9 Å². The second-order valence-electron chi connectivity index (χ2n) is 4.96. The molecule has 0 aromatic heterocycles. The Kier molecular flexibility index (Phi) is 3.48. The molecule has 0 saturated heterocycles. The van der Waals surface area contributed by atoms with E-state index in [0.717, 1.165) is 29.8 Å². The molecule has 0 spiro atoms. The zero-order valence-electron chi connectivity index (χ0n) is 11.0. The molecule has 5 heteroatoms. The largest absolute Gasteiger partial charge is 0.386 e. The van der Waals surface area contributed by atoms with Gasteiger partial charge < -0.3 is 10.2 Å². The first-order valence-electron chi connectivity index (χ1n) is 6.48. The van der Waals surface area contributed by atoms with Gasteiger partial charge in [-0.25, -0.2) is 0 Å². The van der Waals surface area contributed by atoms with E-state index in [1.807, 2.05) is 13.1 Å². The fourth-order valence-electron chi connectivity index (χ4n) is 2.58. The monoisotopic (exact) mass is 308 g/mol. The molecule has 20 heavy (non-hydrogen) atoms. The average Bonchev–Trinajstić information content (AvgIpc) is 2.43. The van der Waals surface area contributed by atoms with Gasteiger partial charge in [-0.3, -0.25) is 4.79 Å². The topological polar surface area (TPSA) is 32.3 Å². The predicted molar refractivity (Wildman–Crippen MR) is 81.0 cm³/mol. The molecule has 0 fully saturated rings. The first kappa shape index (κ1) is 13.5. The van der Waals surface area contributed by atoms with E-state index in [1.54, 1.807) is 17.0 Å². The second kappa shape index (κ2) is 5.15. The Morgan fingerprint density at radius 1 is 1.25 bits per heavy atom. The molecule has 2 heterocycles. The summed E-state index contributed by atoms with van der Waals surface area (Å²) in [6.45, 7) is 3.47.